The van der Waals surface area contributed by atoms with Gasteiger partial charge < -0.3 is 15.1 Å². The Morgan fingerprint density at radius 3 is 2.71 bits per heavy atom. The smallest absolute Gasteiger partial charge is 0.233 e. The second kappa shape index (κ2) is 7.80. The molecule has 128 valence electrons. The molecule has 1 amide bonds. The van der Waals surface area contributed by atoms with E-state index in [0.29, 0.717) is 37.6 Å². The topological polar surface area (TPSA) is 61.4 Å². The standard InChI is InChI=1S/C15H18FN5OS2/c1-17-14-18-19-15(24-14)23-10-13(22)21-8-6-20(7-9-21)12-5-3-2-4-11(12)16/h2-5H,6-10H2,1H3,(H,17,18). The van der Waals surface area contributed by atoms with Crippen LogP contribution in [0.15, 0.2) is 28.6 Å². The van der Waals surface area contributed by atoms with E-state index in [9.17, 15) is 9.18 Å². The van der Waals surface area contributed by atoms with Crippen molar-refractivity contribution in [3.63, 3.8) is 0 Å². The second-order valence-electron chi connectivity index (χ2n) is 5.23. The van der Waals surface area contributed by atoms with Crippen molar-refractivity contribution in [3.05, 3.63) is 30.1 Å². The van der Waals surface area contributed by atoms with Gasteiger partial charge in [-0.3, -0.25) is 4.79 Å². The predicted octanol–water partition coefficient (Wildman–Crippen LogP) is 2.16. The van der Waals surface area contributed by atoms with Crippen molar-refractivity contribution in [3.8, 4) is 0 Å². The molecule has 0 spiro atoms. The van der Waals surface area contributed by atoms with Gasteiger partial charge in [0, 0.05) is 33.2 Å². The van der Waals surface area contributed by atoms with Gasteiger partial charge >= 0.3 is 0 Å². The lowest BCUT2D eigenvalue weighted by molar-refractivity contribution is -0.128. The number of benzene rings is 1. The van der Waals surface area contributed by atoms with E-state index in [1.165, 1.54) is 29.2 Å². The Balaban J connectivity index is 1.49. The molecule has 0 bridgehead atoms. The van der Waals surface area contributed by atoms with Gasteiger partial charge in [0.25, 0.3) is 0 Å². The van der Waals surface area contributed by atoms with Gasteiger partial charge in [0.05, 0.1) is 11.4 Å². The van der Waals surface area contributed by atoms with Crippen LogP contribution in [0.25, 0.3) is 0 Å². The highest BCUT2D eigenvalue weighted by Crippen LogP contribution is 2.25. The minimum atomic E-state index is -0.218. The van der Waals surface area contributed by atoms with Crippen LogP contribution in [-0.4, -0.2) is 60.0 Å². The normalized spacial score (nSPS) is 14.8. The maximum atomic E-state index is 13.8. The van der Waals surface area contributed by atoms with E-state index in [1.54, 1.807) is 19.2 Å². The molecule has 0 aliphatic carbocycles. The molecule has 1 fully saturated rings. The number of nitrogens with zero attached hydrogens (tertiary/aromatic N) is 4. The molecule has 1 N–H and O–H groups in total. The summed E-state index contributed by atoms with van der Waals surface area (Å²) in [5.74, 6) is 0.205. The van der Waals surface area contributed by atoms with Crippen molar-refractivity contribution >= 4 is 39.8 Å². The van der Waals surface area contributed by atoms with Gasteiger partial charge in [-0.15, -0.1) is 10.2 Å². The van der Waals surface area contributed by atoms with Crippen molar-refractivity contribution < 1.29 is 9.18 Å². The molecule has 24 heavy (non-hydrogen) atoms. The number of hydrogen-bond acceptors (Lipinski definition) is 7. The average Bonchev–Trinajstić information content (AvgIpc) is 3.08. The van der Waals surface area contributed by atoms with Crippen LogP contribution >= 0.6 is 23.1 Å². The summed E-state index contributed by atoms with van der Waals surface area (Å²) in [6.45, 7) is 2.48. The summed E-state index contributed by atoms with van der Waals surface area (Å²) >= 11 is 2.83. The molecular formula is C15H18FN5OS2. The largest absolute Gasteiger partial charge is 0.366 e. The van der Waals surface area contributed by atoms with Crippen LogP contribution in [-0.2, 0) is 4.79 Å². The molecule has 1 saturated heterocycles. The summed E-state index contributed by atoms with van der Waals surface area (Å²) in [4.78, 5) is 16.1. The number of carbonyl (C=O) groups excluding carboxylic acids is 1. The number of anilines is 2. The molecule has 2 heterocycles. The van der Waals surface area contributed by atoms with E-state index >= 15 is 0 Å². The number of carbonyl (C=O) groups is 1. The number of hydrogen-bond donors (Lipinski definition) is 1. The summed E-state index contributed by atoms with van der Waals surface area (Å²) < 4.78 is 14.6. The number of rotatable bonds is 5. The number of amides is 1. The highest BCUT2D eigenvalue weighted by molar-refractivity contribution is 8.01. The lowest BCUT2D eigenvalue weighted by Gasteiger charge is -2.36. The Hall–Kier alpha value is -1.87. The summed E-state index contributed by atoms with van der Waals surface area (Å²) in [6.07, 6.45) is 0. The number of thioether (sulfide) groups is 1. The Kier molecular flexibility index (Phi) is 5.52. The molecule has 1 aliphatic rings. The maximum Gasteiger partial charge on any atom is 0.233 e. The molecule has 0 atom stereocenters. The van der Waals surface area contributed by atoms with E-state index in [1.807, 2.05) is 15.9 Å². The van der Waals surface area contributed by atoms with Gasteiger partial charge in [-0.1, -0.05) is 35.2 Å². The molecule has 3 rings (SSSR count). The van der Waals surface area contributed by atoms with Crippen molar-refractivity contribution in [1.29, 1.82) is 0 Å². The number of piperazine rings is 1. The molecule has 6 nitrogen and oxygen atoms in total. The Morgan fingerprint density at radius 2 is 2.04 bits per heavy atom. The lowest BCUT2D eigenvalue weighted by atomic mass is 10.2. The fraction of sp³-hybridized carbons (Fsp3) is 0.400. The average molecular weight is 367 g/mol. The fourth-order valence-corrected chi connectivity index (χ4v) is 4.10. The van der Waals surface area contributed by atoms with Crippen molar-refractivity contribution in [2.75, 3.05) is 49.2 Å². The summed E-state index contributed by atoms with van der Waals surface area (Å²) in [5, 5.41) is 11.6. The number of aromatic nitrogens is 2. The lowest BCUT2D eigenvalue weighted by Crippen LogP contribution is -2.49. The van der Waals surface area contributed by atoms with E-state index in [0.717, 1.165) is 9.47 Å². The zero-order chi connectivity index (χ0) is 16.9. The summed E-state index contributed by atoms with van der Waals surface area (Å²) in [5.41, 5.74) is 0.604. The molecule has 1 aromatic carbocycles. The molecule has 0 radical (unpaired) electrons. The molecule has 1 aliphatic heterocycles. The van der Waals surface area contributed by atoms with Crippen LogP contribution in [0.3, 0.4) is 0 Å². The van der Waals surface area contributed by atoms with E-state index in [2.05, 4.69) is 15.5 Å². The molecular weight excluding hydrogens is 349 g/mol. The van der Waals surface area contributed by atoms with Crippen molar-refractivity contribution in [2.45, 2.75) is 4.34 Å². The zero-order valence-electron chi connectivity index (χ0n) is 13.2. The first kappa shape index (κ1) is 17.0. The third-order valence-electron chi connectivity index (χ3n) is 3.76. The minimum absolute atomic E-state index is 0.0781. The maximum absolute atomic E-state index is 13.8. The number of para-hydroxylation sites is 1. The number of nitrogens with one attached hydrogen (secondary N) is 1. The fourth-order valence-electron chi connectivity index (χ4n) is 2.49. The first-order valence-corrected chi connectivity index (χ1v) is 9.39. The summed E-state index contributed by atoms with van der Waals surface area (Å²) in [6, 6.07) is 6.75. The molecule has 0 unspecified atom stereocenters. The van der Waals surface area contributed by atoms with Gasteiger partial charge in [0.2, 0.25) is 11.0 Å². The van der Waals surface area contributed by atoms with Gasteiger partial charge in [-0.05, 0) is 12.1 Å². The quantitative estimate of drug-likeness (QED) is 0.817. The minimum Gasteiger partial charge on any atom is -0.366 e. The monoisotopic (exact) mass is 367 g/mol. The predicted molar refractivity (Wildman–Crippen MR) is 95.4 cm³/mol. The SMILES string of the molecule is CNc1nnc(SCC(=O)N2CCN(c3ccccc3F)CC2)s1. The van der Waals surface area contributed by atoms with Crippen LogP contribution in [0.2, 0.25) is 0 Å². The van der Waals surface area contributed by atoms with Crippen LogP contribution in [0.1, 0.15) is 0 Å². The third-order valence-corrected chi connectivity index (χ3v) is 5.82. The van der Waals surface area contributed by atoms with Crippen LogP contribution in [0, 0.1) is 5.82 Å². The van der Waals surface area contributed by atoms with E-state index < -0.39 is 0 Å². The Morgan fingerprint density at radius 1 is 1.29 bits per heavy atom. The molecule has 1 aromatic heterocycles. The second-order valence-corrected chi connectivity index (χ2v) is 7.43. The molecule has 9 heteroatoms. The van der Waals surface area contributed by atoms with Gasteiger partial charge in [0.15, 0.2) is 4.34 Å². The highest BCUT2D eigenvalue weighted by atomic mass is 32.2. The Labute approximate surface area is 148 Å². The van der Waals surface area contributed by atoms with Gasteiger partial charge in [-0.2, -0.15) is 0 Å². The van der Waals surface area contributed by atoms with Crippen molar-refractivity contribution in [1.82, 2.24) is 15.1 Å². The van der Waals surface area contributed by atoms with Crippen LogP contribution in [0.4, 0.5) is 15.2 Å². The first-order chi connectivity index (χ1) is 11.7. The third kappa shape index (κ3) is 3.96. The molecule has 0 saturated carbocycles. The Bertz CT molecular complexity index is 703. The van der Waals surface area contributed by atoms with Gasteiger partial charge in [0.1, 0.15) is 5.82 Å². The van der Waals surface area contributed by atoms with E-state index in [4.69, 9.17) is 0 Å². The van der Waals surface area contributed by atoms with Crippen LogP contribution in [0.5, 0.6) is 0 Å². The summed E-state index contributed by atoms with van der Waals surface area (Å²) in [7, 11) is 1.79. The van der Waals surface area contributed by atoms with Gasteiger partial charge in [-0.25, -0.2) is 4.39 Å². The molecule has 2 aromatic rings. The zero-order valence-corrected chi connectivity index (χ0v) is 14.9. The highest BCUT2D eigenvalue weighted by Gasteiger charge is 2.23. The van der Waals surface area contributed by atoms with Crippen molar-refractivity contribution in [2.24, 2.45) is 0 Å². The van der Waals surface area contributed by atoms with E-state index in [-0.39, 0.29) is 11.7 Å². The first-order valence-electron chi connectivity index (χ1n) is 7.58. The van der Waals surface area contributed by atoms with Crippen LogP contribution < -0.4 is 10.2 Å². The number of halogens is 1.